The van der Waals surface area contributed by atoms with Gasteiger partial charge in [-0.15, -0.1) is 0 Å². The molecule has 6 nitrogen and oxygen atoms in total. The smallest absolute Gasteiger partial charge is 0.336 e. The van der Waals surface area contributed by atoms with E-state index in [2.05, 4.69) is 0 Å². The number of carboxylic acids is 1. The van der Waals surface area contributed by atoms with Crippen molar-refractivity contribution in [2.75, 3.05) is 18.6 Å². The van der Waals surface area contributed by atoms with Gasteiger partial charge in [0.15, 0.2) is 11.5 Å². The van der Waals surface area contributed by atoms with E-state index >= 15 is 0 Å². The van der Waals surface area contributed by atoms with E-state index in [1.165, 1.54) is 19.4 Å². The first-order valence-electron chi connectivity index (χ1n) is 5.80. The Bertz CT molecular complexity index is 552. The fourth-order valence-corrected chi connectivity index (χ4v) is 2.24. The Labute approximate surface area is 110 Å². The molecule has 0 fully saturated rings. The van der Waals surface area contributed by atoms with Gasteiger partial charge in [0.25, 0.3) is 0 Å². The van der Waals surface area contributed by atoms with Crippen molar-refractivity contribution in [1.82, 2.24) is 0 Å². The molecule has 1 aliphatic heterocycles. The van der Waals surface area contributed by atoms with Gasteiger partial charge in [-0.2, -0.15) is 0 Å². The van der Waals surface area contributed by atoms with Crippen molar-refractivity contribution in [2.24, 2.45) is 0 Å². The summed E-state index contributed by atoms with van der Waals surface area (Å²) in [6.45, 7) is 2.27. The van der Waals surface area contributed by atoms with Gasteiger partial charge in [0.2, 0.25) is 0 Å². The van der Waals surface area contributed by atoms with Gasteiger partial charge in [-0.1, -0.05) is 6.07 Å². The molecule has 0 saturated carbocycles. The number of aromatic hydroxyl groups is 2. The Morgan fingerprint density at radius 1 is 1.42 bits per heavy atom. The highest BCUT2D eigenvalue weighted by molar-refractivity contribution is 5.91. The number of hydrogen-bond donors (Lipinski definition) is 3. The van der Waals surface area contributed by atoms with E-state index < -0.39 is 12.1 Å². The van der Waals surface area contributed by atoms with Gasteiger partial charge in [0.05, 0.1) is 11.3 Å². The molecule has 0 spiro atoms. The Balaban J connectivity index is 2.67. The van der Waals surface area contributed by atoms with Crippen molar-refractivity contribution in [1.29, 1.82) is 0 Å². The van der Waals surface area contributed by atoms with Crippen LogP contribution in [0.15, 0.2) is 23.9 Å². The van der Waals surface area contributed by atoms with Crippen LogP contribution < -0.4 is 4.90 Å². The number of anilines is 1. The summed E-state index contributed by atoms with van der Waals surface area (Å²) in [7, 11) is 1.40. The maximum Gasteiger partial charge on any atom is 0.336 e. The van der Waals surface area contributed by atoms with Crippen LogP contribution in [0.4, 0.5) is 5.69 Å². The van der Waals surface area contributed by atoms with Crippen molar-refractivity contribution in [2.45, 2.75) is 13.0 Å². The minimum Gasteiger partial charge on any atom is -0.504 e. The number of carboxylic acid groups (broad SMARTS) is 1. The number of ether oxygens (including phenoxy) is 1. The molecule has 1 aromatic carbocycles. The normalized spacial score (nSPS) is 17.9. The average molecular weight is 265 g/mol. The highest BCUT2D eigenvalue weighted by Crippen LogP contribution is 2.46. The van der Waals surface area contributed by atoms with Crippen LogP contribution in [0.1, 0.15) is 18.6 Å². The van der Waals surface area contributed by atoms with Gasteiger partial charge in [0.1, 0.15) is 6.10 Å². The van der Waals surface area contributed by atoms with Crippen LogP contribution in [-0.4, -0.2) is 34.9 Å². The number of nitrogens with zero attached hydrogens (tertiary/aromatic N) is 1. The molecule has 3 N–H and O–H groups in total. The summed E-state index contributed by atoms with van der Waals surface area (Å²) in [5, 5.41) is 28.7. The topological polar surface area (TPSA) is 90.2 Å². The van der Waals surface area contributed by atoms with Crippen molar-refractivity contribution in [3.05, 3.63) is 29.5 Å². The second-order valence-electron chi connectivity index (χ2n) is 4.16. The number of phenols is 2. The van der Waals surface area contributed by atoms with Gasteiger partial charge in [-0.05, 0) is 13.0 Å². The summed E-state index contributed by atoms with van der Waals surface area (Å²) in [4.78, 5) is 12.8. The monoisotopic (exact) mass is 265 g/mol. The van der Waals surface area contributed by atoms with E-state index in [-0.39, 0.29) is 17.1 Å². The Kier molecular flexibility index (Phi) is 3.35. The van der Waals surface area contributed by atoms with Gasteiger partial charge in [-0.25, -0.2) is 4.79 Å². The first-order valence-corrected chi connectivity index (χ1v) is 5.80. The van der Waals surface area contributed by atoms with Gasteiger partial charge < -0.3 is 25.0 Å². The van der Waals surface area contributed by atoms with E-state index in [0.717, 1.165) is 0 Å². The van der Waals surface area contributed by atoms with Crippen molar-refractivity contribution >= 4 is 11.7 Å². The Morgan fingerprint density at radius 2 is 2.11 bits per heavy atom. The molecule has 1 aliphatic rings. The Morgan fingerprint density at radius 3 is 2.63 bits per heavy atom. The van der Waals surface area contributed by atoms with E-state index in [1.807, 2.05) is 6.92 Å². The standard InChI is InChI=1S/C13H15NO5/c1-3-14-6-8(13(17)18)12(19-2)7-4-5-9(15)11(16)10(7)14/h4-6,12,15-16H,3H2,1-2H3,(H,17,18). The summed E-state index contributed by atoms with van der Waals surface area (Å²) in [6, 6.07) is 2.87. The molecule has 0 bridgehead atoms. The average Bonchev–Trinajstić information content (AvgIpc) is 2.40. The van der Waals surface area contributed by atoms with E-state index in [9.17, 15) is 20.1 Å². The lowest BCUT2D eigenvalue weighted by Gasteiger charge is -2.32. The van der Waals surface area contributed by atoms with Crippen LogP contribution in [0.3, 0.4) is 0 Å². The van der Waals surface area contributed by atoms with Gasteiger partial charge in [-0.3, -0.25) is 0 Å². The molecule has 19 heavy (non-hydrogen) atoms. The number of phenolic OH excluding ortho intramolecular Hbond substituents is 2. The molecule has 1 unspecified atom stereocenters. The second kappa shape index (κ2) is 4.81. The second-order valence-corrected chi connectivity index (χ2v) is 4.16. The largest absolute Gasteiger partial charge is 0.504 e. The molecule has 0 aromatic heterocycles. The summed E-state index contributed by atoms with van der Waals surface area (Å²) in [6.07, 6.45) is 0.639. The molecule has 0 aliphatic carbocycles. The third-order valence-corrected chi connectivity index (χ3v) is 3.13. The summed E-state index contributed by atoms with van der Waals surface area (Å²) >= 11 is 0. The zero-order valence-corrected chi connectivity index (χ0v) is 10.6. The van der Waals surface area contributed by atoms with E-state index in [1.54, 1.807) is 11.0 Å². The molecule has 0 amide bonds. The van der Waals surface area contributed by atoms with Crippen molar-refractivity contribution in [3.8, 4) is 11.5 Å². The van der Waals surface area contributed by atoms with Gasteiger partial charge >= 0.3 is 5.97 Å². The molecule has 0 saturated heterocycles. The first-order chi connectivity index (χ1) is 9.01. The first kappa shape index (κ1) is 13.2. The fourth-order valence-electron chi connectivity index (χ4n) is 2.24. The van der Waals surface area contributed by atoms with Crippen molar-refractivity contribution < 1.29 is 24.9 Å². The van der Waals surface area contributed by atoms with Crippen LogP contribution in [0.5, 0.6) is 11.5 Å². The van der Waals surface area contributed by atoms with Crippen LogP contribution >= 0.6 is 0 Å². The van der Waals surface area contributed by atoms with E-state index in [0.29, 0.717) is 17.8 Å². The number of methoxy groups -OCH3 is 1. The quantitative estimate of drug-likeness (QED) is 0.719. The zero-order valence-electron chi connectivity index (χ0n) is 10.6. The summed E-state index contributed by atoms with van der Waals surface area (Å²) < 4.78 is 5.21. The minimum absolute atomic E-state index is 0.0851. The maximum absolute atomic E-state index is 11.3. The van der Waals surface area contributed by atoms with Crippen LogP contribution in [0.25, 0.3) is 0 Å². The van der Waals surface area contributed by atoms with Crippen LogP contribution in [-0.2, 0) is 9.53 Å². The molecule has 1 aromatic rings. The van der Waals surface area contributed by atoms with Crippen LogP contribution in [0.2, 0.25) is 0 Å². The predicted molar refractivity (Wildman–Crippen MR) is 68.3 cm³/mol. The minimum atomic E-state index is -1.08. The molecule has 1 heterocycles. The molecule has 0 radical (unpaired) electrons. The lowest BCUT2D eigenvalue weighted by molar-refractivity contribution is -0.134. The lowest BCUT2D eigenvalue weighted by atomic mass is 9.95. The SMILES string of the molecule is CCN1C=C(C(=O)O)C(OC)c2ccc(O)c(O)c21. The lowest BCUT2D eigenvalue weighted by Crippen LogP contribution is -2.28. The highest BCUT2D eigenvalue weighted by Gasteiger charge is 2.33. The predicted octanol–water partition coefficient (Wildman–Crippen LogP) is 1.59. The maximum atomic E-state index is 11.3. The highest BCUT2D eigenvalue weighted by atomic mass is 16.5. The number of fused-ring (bicyclic) bond motifs is 1. The van der Waals surface area contributed by atoms with E-state index in [4.69, 9.17) is 4.74 Å². The van der Waals surface area contributed by atoms with Crippen molar-refractivity contribution in [3.63, 3.8) is 0 Å². The van der Waals surface area contributed by atoms with Gasteiger partial charge in [0, 0.05) is 25.4 Å². The summed E-state index contributed by atoms with van der Waals surface area (Å²) in [5.41, 5.74) is 0.973. The third-order valence-electron chi connectivity index (χ3n) is 3.13. The summed E-state index contributed by atoms with van der Waals surface area (Å²) in [5.74, 6) is -1.61. The fraction of sp³-hybridized carbons (Fsp3) is 0.308. The number of carbonyl (C=O) groups is 1. The molecular formula is C13H15NO5. The van der Waals surface area contributed by atoms with Crippen LogP contribution in [0, 0.1) is 0 Å². The molecule has 6 heteroatoms. The third kappa shape index (κ3) is 2.00. The molecule has 2 rings (SSSR count). The zero-order chi connectivity index (χ0) is 14.2. The number of rotatable bonds is 3. The molecule has 1 atom stereocenters. The molecular weight excluding hydrogens is 250 g/mol. The number of hydrogen-bond acceptors (Lipinski definition) is 5. The number of aliphatic carboxylic acids is 1. The molecule has 102 valence electrons. The number of benzene rings is 1. The Hall–Kier alpha value is -2.21.